The number of rotatable bonds is 8. The van der Waals surface area contributed by atoms with Crippen molar-refractivity contribution in [2.24, 2.45) is 0 Å². The second-order valence-electron chi connectivity index (χ2n) is 8.63. The van der Waals surface area contributed by atoms with Crippen LogP contribution < -0.4 is 10.1 Å². The normalized spacial score (nSPS) is 11.2. The molecule has 0 bridgehead atoms. The number of carbonyl (C=O) groups excluding carboxylic acids is 2. The summed E-state index contributed by atoms with van der Waals surface area (Å²) in [4.78, 5) is 27.3. The first kappa shape index (κ1) is 24.7. The van der Waals surface area contributed by atoms with E-state index in [4.69, 9.17) is 16.3 Å². The lowest BCUT2D eigenvalue weighted by molar-refractivity contribution is -0.118. The highest BCUT2D eigenvalue weighted by Gasteiger charge is 2.22. The Kier molecular flexibility index (Phi) is 8.52. The van der Waals surface area contributed by atoms with Gasteiger partial charge < -0.3 is 15.0 Å². The van der Waals surface area contributed by atoms with Crippen LogP contribution in [-0.2, 0) is 4.79 Å². The third-order valence-corrected chi connectivity index (χ3v) is 5.31. The quantitative estimate of drug-likeness (QED) is 0.539. The molecule has 2 aromatic carbocycles. The molecular formula is C25H33ClN2O3. The Morgan fingerprint density at radius 2 is 1.65 bits per heavy atom. The van der Waals surface area contributed by atoms with E-state index in [0.717, 1.165) is 11.1 Å². The van der Waals surface area contributed by atoms with Crippen LogP contribution in [0.1, 0.15) is 68.9 Å². The fourth-order valence-electron chi connectivity index (χ4n) is 3.54. The lowest BCUT2D eigenvalue weighted by atomic mass is 10.0. The molecule has 0 aromatic heterocycles. The van der Waals surface area contributed by atoms with E-state index >= 15 is 0 Å². The maximum atomic E-state index is 13.0. The molecule has 6 heteroatoms. The van der Waals surface area contributed by atoms with Crippen molar-refractivity contribution in [2.45, 2.75) is 66.5 Å². The first-order chi connectivity index (χ1) is 14.5. The third kappa shape index (κ3) is 6.47. The molecule has 0 unspecified atom stereocenters. The van der Waals surface area contributed by atoms with Gasteiger partial charge in [0.2, 0.25) is 0 Å². The predicted octanol–water partition coefficient (Wildman–Crippen LogP) is 6.05. The molecule has 0 atom stereocenters. The van der Waals surface area contributed by atoms with Gasteiger partial charge in [0.1, 0.15) is 5.75 Å². The fourth-order valence-corrected chi connectivity index (χ4v) is 3.71. The van der Waals surface area contributed by atoms with E-state index in [1.807, 2.05) is 52.8 Å². The predicted molar refractivity (Wildman–Crippen MR) is 127 cm³/mol. The monoisotopic (exact) mass is 444 g/mol. The Hall–Kier alpha value is -2.53. The molecule has 5 nitrogen and oxygen atoms in total. The minimum absolute atomic E-state index is 0.0547. The molecule has 0 aliphatic heterocycles. The van der Waals surface area contributed by atoms with E-state index < -0.39 is 0 Å². The fraction of sp³-hybridized carbons (Fsp3) is 0.440. The van der Waals surface area contributed by atoms with Crippen molar-refractivity contribution in [3.63, 3.8) is 0 Å². The number of carbonyl (C=O) groups is 2. The average molecular weight is 445 g/mol. The van der Waals surface area contributed by atoms with Gasteiger partial charge in [-0.1, -0.05) is 37.6 Å². The number of nitrogens with zero attached hydrogens (tertiary/aromatic N) is 1. The molecule has 2 amide bonds. The molecule has 0 spiro atoms. The highest BCUT2D eigenvalue weighted by atomic mass is 35.5. The minimum atomic E-state index is -0.340. The van der Waals surface area contributed by atoms with Gasteiger partial charge in [0.05, 0.1) is 10.7 Å². The number of ether oxygens (including phenoxy) is 1. The summed E-state index contributed by atoms with van der Waals surface area (Å²) in [5.41, 5.74) is 2.98. The van der Waals surface area contributed by atoms with Gasteiger partial charge in [0, 0.05) is 17.6 Å². The number of halogens is 1. The lowest BCUT2D eigenvalue weighted by Gasteiger charge is -2.31. The lowest BCUT2D eigenvalue weighted by Crippen LogP contribution is -2.42. The summed E-state index contributed by atoms with van der Waals surface area (Å²) in [6.07, 6.45) is 0. The van der Waals surface area contributed by atoms with E-state index in [0.29, 0.717) is 22.0 Å². The summed E-state index contributed by atoms with van der Waals surface area (Å²) in [5.74, 6) is 0.535. The second kappa shape index (κ2) is 10.7. The van der Waals surface area contributed by atoms with E-state index in [-0.39, 0.29) is 36.4 Å². The molecule has 2 rings (SSSR count). The standard InChI is InChI=1S/C25H33ClN2O3/c1-15(2)20-10-8-18(7)12-23(20)31-14-24(29)27-22-13-19(9-11-21(22)26)25(30)28(16(3)4)17(5)6/h8-13,15-17H,14H2,1-7H3,(H,27,29). The smallest absolute Gasteiger partial charge is 0.262 e. The van der Waals surface area contributed by atoms with Gasteiger partial charge in [-0.3, -0.25) is 9.59 Å². The van der Waals surface area contributed by atoms with E-state index in [1.165, 1.54) is 0 Å². The molecule has 2 aromatic rings. The number of hydrogen-bond donors (Lipinski definition) is 1. The van der Waals surface area contributed by atoms with Crippen LogP contribution in [0.25, 0.3) is 0 Å². The third-order valence-electron chi connectivity index (χ3n) is 4.98. The zero-order chi connectivity index (χ0) is 23.3. The Labute approximate surface area is 190 Å². The van der Waals surface area contributed by atoms with Crippen LogP contribution in [0.4, 0.5) is 5.69 Å². The van der Waals surface area contributed by atoms with Crippen LogP contribution in [0.2, 0.25) is 5.02 Å². The average Bonchev–Trinajstić information content (AvgIpc) is 2.67. The largest absolute Gasteiger partial charge is 0.483 e. The maximum absolute atomic E-state index is 13.0. The van der Waals surface area contributed by atoms with Crippen LogP contribution in [0.15, 0.2) is 36.4 Å². The number of benzene rings is 2. The molecule has 0 heterocycles. The summed E-state index contributed by atoms with van der Waals surface area (Å²) in [6.45, 7) is 13.9. The molecule has 0 fully saturated rings. The molecule has 31 heavy (non-hydrogen) atoms. The van der Waals surface area contributed by atoms with Crippen molar-refractivity contribution < 1.29 is 14.3 Å². The number of hydrogen-bond acceptors (Lipinski definition) is 3. The molecule has 0 aliphatic rings. The Bertz CT molecular complexity index is 930. The van der Waals surface area contributed by atoms with E-state index in [1.54, 1.807) is 23.1 Å². The first-order valence-corrected chi connectivity index (χ1v) is 11.0. The first-order valence-electron chi connectivity index (χ1n) is 10.7. The summed E-state index contributed by atoms with van der Waals surface area (Å²) >= 11 is 6.27. The molecule has 0 radical (unpaired) electrons. The van der Waals surface area contributed by atoms with Crippen LogP contribution >= 0.6 is 11.6 Å². The van der Waals surface area contributed by atoms with Gasteiger partial charge in [0.15, 0.2) is 6.61 Å². The zero-order valence-corrected chi connectivity index (χ0v) is 20.2. The number of anilines is 1. The van der Waals surface area contributed by atoms with Gasteiger partial charge in [0.25, 0.3) is 11.8 Å². The number of aryl methyl sites for hydroxylation is 1. The van der Waals surface area contributed by atoms with Crippen LogP contribution in [0.3, 0.4) is 0 Å². The Balaban J connectivity index is 2.15. The molecule has 0 saturated carbocycles. The highest BCUT2D eigenvalue weighted by Crippen LogP contribution is 2.28. The second-order valence-corrected chi connectivity index (χ2v) is 9.03. The number of amides is 2. The van der Waals surface area contributed by atoms with Gasteiger partial charge in [-0.05, 0) is 75.9 Å². The molecular weight excluding hydrogens is 412 g/mol. The Morgan fingerprint density at radius 3 is 2.23 bits per heavy atom. The van der Waals surface area contributed by atoms with Gasteiger partial charge in [-0.15, -0.1) is 0 Å². The number of nitrogens with one attached hydrogen (secondary N) is 1. The molecule has 1 N–H and O–H groups in total. The molecule has 0 aliphatic carbocycles. The van der Waals surface area contributed by atoms with Gasteiger partial charge in [-0.25, -0.2) is 0 Å². The zero-order valence-electron chi connectivity index (χ0n) is 19.5. The minimum Gasteiger partial charge on any atom is -0.483 e. The molecule has 168 valence electrons. The Morgan fingerprint density at radius 1 is 1.00 bits per heavy atom. The SMILES string of the molecule is Cc1ccc(C(C)C)c(OCC(=O)Nc2cc(C(=O)N(C(C)C)C(C)C)ccc2Cl)c1. The van der Waals surface area contributed by atoms with Crippen molar-refractivity contribution in [3.8, 4) is 5.75 Å². The van der Waals surface area contributed by atoms with Crippen LogP contribution in [-0.4, -0.2) is 35.4 Å². The van der Waals surface area contributed by atoms with Crippen molar-refractivity contribution in [2.75, 3.05) is 11.9 Å². The highest BCUT2D eigenvalue weighted by molar-refractivity contribution is 6.33. The maximum Gasteiger partial charge on any atom is 0.262 e. The molecule has 0 saturated heterocycles. The van der Waals surface area contributed by atoms with Crippen molar-refractivity contribution in [1.82, 2.24) is 4.90 Å². The van der Waals surface area contributed by atoms with Crippen LogP contribution in [0.5, 0.6) is 5.75 Å². The summed E-state index contributed by atoms with van der Waals surface area (Å²) in [6, 6.07) is 11.0. The van der Waals surface area contributed by atoms with Crippen molar-refractivity contribution in [3.05, 3.63) is 58.1 Å². The van der Waals surface area contributed by atoms with Crippen molar-refractivity contribution in [1.29, 1.82) is 0 Å². The van der Waals surface area contributed by atoms with Gasteiger partial charge >= 0.3 is 0 Å². The van der Waals surface area contributed by atoms with Gasteiger partial charge in [-0.2, -0.15) is 0 Å². The van der Waals surface area contributed by atoms with E-state index in [2.05, 4.69) is 19.2 Å². The van der Waals surface area contributed by atoms with Crippen molar-refractivity contribution >= 4 is 29.1 Å². The summed E-state index contributed by atoms with van der Waals surface area (Å²) in [7, 11) is 0. The topological polar surface area (TPSA) is 58.6 Å². The summed E-state index contributed by atoms with van der Waals surface area (Å²) in [5, 5.41) is 3.13. The summed E-state index contributed by atoms with van der Waals surface area (Å²) < 4.78 is 5.80. The van der Waals surface area contributed by atoms with Crippen LogP contribution in [0, 0.1) is 6.92 Å². The van der Waals surface area contributed by atoms with E-state index in [9.17, 15) is 9.59 Å².